The molecule has 3 nitrogen and oxygen atoms in total. The first-order valence-electron chi connectivity index (χ1n) is 5.12. The highest BCUT2D eigenvalue weighted by molar-refractivity contribution is 5.86. The zero-order valence-corrected chi connectivity index (χ0v) is 9.82. The second-order valence-electron chi connectivity index (χ2n) is 4.77. The lowest BCUT2D eigenvalue weighted by molar-refractivity contribution is -0.131. The fourth-order valence-corrected chi connectivity index (χ4v) is 1.35. The Hall–Kier alpha value is -1.77. The van der Waals surface area contributed by atoms with Gasteiger partial charge in [0, 0.05) is 11.8 Å². The van der Waals surface area contributed by atoms with Crippen LogP contribution in [0.3, 0.4) is 0 Å². The Bertz CT molecular complexity index is 428. The molecule has 0 saturated heterocycles. The maximum Gasteiger partial charge on any atom is 0.328 e. The molecule has 0 bridgehead atoms. The van der Waals surface area contributed by atoms with Crippen LogP contribution in [-0.4, -0.2) is 11.1 Å². The summed E-state index contributed by atoms with van der Waals surface area (Å²) in [6.07, 6.45) is 2.62. The van der Waals surface area contributed by atoms with E-state index in [4.69, 9.17) is 10.8 Å². The van der Waals surface area contributed by atoms with Crippen molar-refractivity contribution in [1.29, 1.82) is 0 Å². The van der Waals surface area contributed by atoms with Crippen LogP contribution in [-0.2, 0) is 10.2 Å². The minimum atomic E-state index is -0.972. The summed E-state index contributed by atoms with van der Waals surface area (Å²) in [5, 5.41) is 8.57. The SMILES string of the molecule is CC(C)(C)c1ccc(N)c(/C=C/C(=O)O)c1. The van der Waals surface area contributed by atoms with Gasteiger partial charge in [-0.3, -0.25) is 0 Å². The first-order chi connectivity index (χ1) is 7.30. The Morgan fingerprint density at radius 2 is 2.00 bits per heavy atom. The molecule has 3 heteroatoms. The number of carboxylic acids is 1. The van der Waals surface area contributed by atoms with Crippen molar-refractivity contribution in [3.05, 3.63) is 35.4 Å². The average Bonchev–Trinajstić information content (AvgIpc) is 2.14. The molecule has 0 aromatic heterocycles. The second kappa shape index (κ2) is 4.39. The lowest BCUT2D eigenvalue weighted by atomic mass is 9.86. The molecule has 0 aliphatic heterocycles. The third kappa shape index (κ3) is 3.12. The monoisotopic (exact) mass is 219 g/mol. The number of nitrogen functional groups attached to an aromatic ring is 1. The average molecular weight is 219 g/mol. The molecule has 0 saturated carbocycles. The molecule has 0 radical (unpaired) electrons. The van der Waals surface area contributed by atoms with E-state index in [1.807, 2.05) is 18.2 Å². The summed E-state index contributed by atoms with van der Waals surface area (Å²) in [6, 6.07) is 5.70. The summed E-state index contributed by atoms with van der Waals surface area (Å²) in [5.41, 5.74) is 8.27. The lowest BCUT2D eigenvalue weighted by Crippen LogP contribution is -2.11. The van der Waals surface area contributed by atoms with Gasteiger partial charge in [-0.15, -0.1) is 0 Å². The zero-order valence-electron chi connectivity index (χ0n) is 9.82. The minimum Gasteiger partial charge on any atom is -0.478 e. The third-order valence-corrected chi connectivity index (χ3v) is 2.36. The number of hydrogen-bond donors (Lipinski definition) is 2. The maximum atomic E-state index is 10.4. The van der Waals surface area contributed by atoms with E-state index in [2.05, 4.69) is 20.8 Å². The number of carboxylic acid groups (broad SMARTS) is 1. The standard InChI is InChI=1S/C13H17NO2/c1-13(2,3)10-5-6-11(14)9(8-10)4-7-12(15)16/h4-8H,14H2,1-3H3,(H,15,16)/b7-4+. The molecule has 0 unspecified atom stereocenters. The topological polar surface area (TPSA) is 63.3 Å². The van der Waals surface area contributed by atoms with Gasteiger partial charge in [0.1, 0.15) is 0 Å². The molecule has 0 aliphatic carbocycles. The van der Waals surface area contributed by atoms with E-state index >= 15 is 0 Å². The predicted molar refractivity (Wildman–Crippen MR) is 66.2 cm³/mol. The number of benzene rings is 1. The van der Waals surface area contributed by atoms with Crippen molar-refractivity contribution >= 4 is 17.7 Å². The fraction of sp³-hybridized carbons (Fsp3) is 0.308. The third-order valence-electron chi connectivity index (χ3n) is 2.36. The van der Waals surface area contributed by atoms with Crippen molar-refractivity contribution in [2.75, 3.05) is 5.73 Å². The highest BCUT2D eigenvalue weighted by Crippen LogP contribution is 2.26. The Morgan fingerprint density at radius 1 is 1.38 bits per heavy atom. The van der Waals surface area contributed by atoms with Crippen molar-refractivity contribution in [3.63, 3.8) is 0 Å². The first kappa shape index (κ1) is 12.3. The van der Waals surface area contributed by atoms with Gasteiger partial charge in [0.25, 0.3) is 0 Å². The van der Waals surface area contributed by atoms with Crippen LogP contribution in [0.2, 0.25) is 0 Å². The van der Waals surface area contributed by atoms with E-state index in [0.29, 0.717) is 5.69 Å². The largest absolute Gasteiger partial charge is 0.478 e. The van der Waals surface area contributed by atoms with Gasteiger partial charge in [-0.2, -0.15) is 0 Å². The Kier molecular flexibility index (Phi) is 3.38. The predicted octanol–water partition coefficient (Wildman–Crippen LogP) is 2.66. The minimum absolute atomic E-state index is 0.0273. The summed E-state index contributed by atoms with van der Waals surface area (Å²) in [5.74, 6) is -0.972. The lowest BCUT2D eigenvalue weighted by Gasteiger charge is -2.20. The van der Waals surface area contributed by atoms with Crippen molar-refractivity contribution in [3.8, 4) is 0 Å². The van der Waals surface area contributed by atoms with Crippen LogP contribution in [0.4, 0.5) is 5.69 Å². The summed E-state index contributed by atoms with van der Waals surface area (Å²) in [6.45, 7) is 6.30. The van der Waals surface area contributed by atoms with Crippen molar-refractivity contribution in [2.45, 2.75) is 26.2 Å². The number of nitrogens with two attached hydrogens (primary N) is 1. The molecule has 0 aliphatic rings. The summed E-state index contributed by atoms with van der Waals surface area (Å²) < 4.78 is 0. The van der Waals surface area contributed by atoms with E-state index in [9.17, 15) is 4.79 Å². The van der Waals surface area contributed by atoms with Gasteiger partial charge in [-0.25, -0.2) is 4.79 Å². The molecular weight excluding hydrogens is 202 g/mol. The number of hydrogen-bond acceptors (Lipinski definition) is 2. The van der Waals surface area contributed by atoms with Crippen LogP contribution >= 0.6 is 0 Å². The molecule has 0 fully saturated rings. The maximum absolute atomic E-state index is 10.4. The molecular formula is C13H17NO2. The van der Waals surface area contributed by atoms with Gasteiger partial charge in [0.2, 0.25) is 0 Å². The van der Waals surface area contributed by atoms with E-state index in [1.54, 1.807) is 0 Å². The molecule has 0 atom stereocenters. The quantitative estimate of drug-likeness (QED) is 0.593. The van der Waals surface area contributed by atoms with E-state index in [1.165, 1.54) is 6.08 Å². The van der Waals surface area contributed by atoms with Gasteiger partial charge in [-0.1, -0.05) is 26.8 Å². The highest BCUT2D eigenvalue weighted by atomic mass is 16.4. The molecule has 16 heavy (non-hydrogen) atoms. The molecule has 0 heterocycles. The molecule has 0 spiro atoms. The Labute approximate surface area is 95.6 Å². The van der Waals surface area contributed by atoms with E-state index in [-0.39, 0.29) is 5.41 Å². The van der Waals surface area contributed by atoms with Crippen LogP contribution < -0.4 is 5.73 Å². The van der Waals surface area contributed by atoms with Gasteiger partial charge in [-0.05, 0) is 34.8 Å². The van der Waals surface area contributed by atoms with Gasteiger partial charge < -0.3 is 10.8 Å². The normalized spacial score (nSPS) is 11.9. The zero-order chi connectivity index (χ0) is 12.3. The number of rotatable bonds is 2. The van der Waals surface area contributed by atoms with E-state index < -0.39 is 5.97 Å². The summed E-state index contributed by atoms with van der Waals surface area (Å²) >= 11 is 0. The fourth-order valence-electron chi connectivity index (χ4n) is 1.35. The highest BCUT2D eigenvalue weighted by Gasteiger charge is 2.14. The molecule has 3 N–H and O–H groups in total. The molecule has 0 amide bonds. The van der Waals surface area contributed by atoms with Crippen LogP contribution in [0, 0.1) is 0 Å². The van der Waals surface area contributed by atoms with Gasteiger partial charge >= 0.3 is 5.97 Å². The smallest absolute Gasteiger partial charge is 0.328 e. The number of aliphatic carboxylic acids is 1. The number of carbonyl (C=O) groups is 1. The Balaban J connectivity index is 3.14. The molecule has 1 aromatic carbocycles. The van der Waals surface area contributed by atoms with Crippen molar-refractivity contribution < 1.29 is 9.90 Å². The van der Waals surface area contributed by atoms with Crippen LogP contribution in [0.1, 0.15) is 31.9 Å². The number of anilines is 1. The van der Waals surface area contributed by atoms with E-state index in [0.717, 1.165) is 17.2 Å². The van der Waals surface area contributed by atoms with Crippen molar-refractivity contribution in [1.82, 2.24) is 0 Å². The van der Waals surface area contributed by atoms with Crippen molar-refractivity contribution in [2.24, 2.45) is 0 Å². The van der Waals surface area contributed by atoms with Crippen LogP contribution in [0.15, 0.2) is 24.3 Å². The molecule has 1 aromatic rings. The first-order valence-corrected chi connectivity index (χ1v) is 5.12. The second-order valence-corrected chi connectivity index (χ2v) is 4.77. The summed E-state index contributed by atoms with van der Waals surface area (Å²) in [4.78, 5) is 10.4. The molecule has 1 rings (SSSR count). The summed E-state index contributed by atoms with van der Waals surface area (Å²) in [7, 11) is 0. The van der Waals surface area contributed by atoms with Gasteiger partial charge in [0.05, 0.1) is 0 Å². The van der Waals surface area contributed by atoms with Crippen LogP contribution in [0.5, 0.6) is 0 Å². The molecule has 86 valence electrons. The Morgan fingerprint density at radius 3 is 2.50 bits per heavy atom. The van der Waals surface area contributed by atoms with Crippen LogP contribution in [0.25, 0.3) is 6.08 Å². The van der Waals surface area contributed by atoms with Gasteiger partial charge in [0.15, 0.2) is 0 Å².